The second kappa shape index (κ2) is 5.58. The van der Waals surface area contributed by atoms with E-state index < -0.39 is 0 Å². The van der Waals surface area contributed by atoms with Crippen LogP contribution in [0.1, 0.15) is 29.2 Å². The highest BCUT2D eigenvalue weighted by atomic mass is 35.5. The highest BCUT2D eigenvalue weighted by Crippen LogP contribution is 2.22. The summed E-state index contributed by atoms with van der Waals surface area (Å²) in [5.74, 6) is 0. The number of hydrogen-bond donors (Lipinski definition) is 1. The number of halogens is 1. The summed E-state index contributed by atoms with van der Waals surface area (Å²) in [6.45, 7) is 4.86. The molecule has 0 radical (unpaired) electrons. The van der Waals surface area contributed by atoms with Crippen LogP contribution in [0.4, 0.5) is 0 Å². The smallest absolute Gasteiger partial charge is 0.0931 e. The van der Waals surface area contributed by atoms with E-state index in [4.69, 9.17) is 11.6 Å². The maximum Gasteiger partial charge on any atom is 0.0931 e. The Morgan fingerprint density at radius 2 is 2.12 bits per heavy atom. The lowest BCUT2D eigenvalue weighted by Crippen LogP contribution is -2.19. The number of rotatable bonds is 4. The summed E-state index contributed by atoms with van der Waals surface area (Å²) >= 11 is 7.48. The molecule has 5 heteroatoms. The van der Waals surface area contributed by atoms with Crippen molar-refractivity contribution in [1.82, 2.24) is 15.3 Å². The van der Waals surface area contributed by atoms with Gasteiger partial charge < -0.3 is 5.32 Å². The van der Waals surface area contributed by atoms with Crippen molar-refractivity contribution in [2.45, 2.75) is 26.4 Å². The van der Waals surface area contributed by atoms with E-state index in [2.05, 4.69) is 22.2 Å². The van der Waals surface area contributed by atoms with E-state index in [1.165, 1.54) is 4.88 Å². The molecule has 0 fully saturated rings. The van der Waals surface area contributed by atoms with Gasteiger partial charge >= 0.3 is 0 Å². The van der Waals surface area contributed by atoms with Crippen LogP contribution in [0.25, 0.3) is 0 Å². The van der Waals surface area contributed by atoms with Crippen molar-refractivity contribution < 1.29 is 0 Å². The third kappa shape index (κ3) is 3.25. The Morgan fingerprint density at radius 3 is 2.76 bits per heavy atom. The summed E-state index contributed by atoms with van der Waals surface area (Å²) < 4.78 is 0.824. The zero-order valence-corrected chi connectivity index (χ0v) is 11.3. The first-order valence-corrected chi connectivity index (χ1v) is 6.61. The number of nitrogens with one attached hydrogen (secondary N) is 1. The van der Waals surface area contributed by atoms with Crippen LogP contribution in [0.15, 0.2) is 24.5 Å². The fraction of sp³-hybridized carbons (Fsp3) is 0.333. The summed E-state index contributed by atoms with van der Waals surface area (Å²) in [7, 11) is 0. The fourth-order valence-corrected chi connectivity index (χ4v) is 2.68. The fourth-order valence-electron chi connectivity index (χ4n) is 1.64. The lowest BCUT2D eigenvalue weighted by Gasteiger charge is -2.13. The van der Waals surface area contributed by atoms with Crippen molar-refractivity contribution in [2.75, 3.05) is 0 Å². The molecule has 90 valence electrons. The topological polar surface area (TPSA) is 37.8 Å². The molecule has 0 aliphatic rings. The van der Waals surface area contributed by atoms with E-state index in [-0.39, 0.29) is 6.04 Å². The lowest BCUT2D eigenvalue weighted by molar-refractivity contribution is 0.559. The van der Waals surface area contributed by atoms with E-state index in [1.807, 2.05) is 19.1 Å². The Bertz CT molecular complexity index is 498. The quantitative estimate of drug-likeness (QED) is 0.923. The van der Waals surface area contributed by atoms with Gasteiger partial charge in [0.1, 0.15) is 0 Å². The van der Waals surface area contributed by atoms with Crippen LogP contribution in [-0.4, -0.2) is 9.97 Å². The van der Waals surface area contributed by atoms with Crippen LogP contribution < -0.4 is 5.32 Å². The van der Waals surface area contributed by atoms with E-state index in [9.17, 15) is 0 Å². The van der Waals surface area contributed by atoms with Gasteiger partial charge in [0.25, 0.3) is 0 Å². The van der Waals surface area contributed by atoms with Gasteiger partial charge in [0.15, 0.2) is 0 Å². The first-order valence-electron chi connectivity index (χ1n) is 5.42. The SMILES string of the molecule is Cc1nccnc1C(C)NCc1ccc(Cl)s1. The van der Waals surface area contributed by atoms with Crippen molar-refractivity contribution in [2.24, 2.45) is 0 Å². The lowest BCUT2D eigenvalue weighted by atomic mass is 10.2. The highest BCUT2D eigenvalue weighted by molar-refractivity contribution is 7.16. The molecule has 0 spiro atoms. The van der Waals surface area contributed by atoms with Crippen molar-refractivity contribution in [3.63, 3.8) is 0 Å². The summed E-state index contributed by atoms with van der Waals surface area (Å²) in [5.41, 5.74) is 1.96. The molecular weight excluding hydrogens is 254 g/mol. The maximum atomic E-state index is 5.89. The Balaban J connectivity index is 1.98. The normalized spacial score (nSPS) is 12.6. The minimum Gasteiger partial charge on any atom is -0.304 e. The third-order valence-corrected chi connectivity index (χ3v) is 3.77. The van der Waals surface area contributed by atoms with Crippen molar-refractivity contribution in [1.29, 1.82) is 0 Å². The zero-order valence-electron chi connectivity index (χ0n) is 9.77. The molecule has 0 aliphatic heterocycles. The van der Waals surface area contributed by atoms with Crippen molar-refractivity contribution in [3.05, 3.63) is 45.1 Å². The Kier molecular flexibility index (Phi) is 4.10. The molecule has 2 aromatic rings. The molecule has 0 bridgehead atoms. The number of aromatic nitrogens is 2. The molecule has 1 atom stereocenters. The standard InChI is InChI=1S/C12H14ClN3S/c1-8-12(15-6-5-14-8)9(2)16-7-10-3-4-11(13)17-10/h3-6,9,16H,7H2,1-2H3. The average Bonchev–Trinajstić information content (AvgIpc) is 2.73. The Morgan fingerprint density at radius 1 is 1.35 bits per heavy atom. The van der Waals surface area contributed by atoms with Crippen molar-refractivity contribution in [3.8, 4) is 0 Å². The summed E-state index contributed by atoms with van der Waals surface area (Å²) in [4.78, 5) is 9.81. The molecule has 0 amide bonds. The van der Waals surface area contributed by atoms with E-state index in [1.54, 1.807) is 23.7 Å². The molecule has 1 N–H and O–H groups in total. The molecule has 2 rings (SSSR count). The van der Waals surface area contributed by atoms with Crippen LogP contribution in [0.2, 0.25) is 4.34 Å². The monoisotopic (exact) mass is 267 g/mol. The molecule has 0 saturated heterocycles. The average molecular weight is 268 g/mol. The number of thiophene rings is 1. The van der Waals surface area contributed by atoms with Crippen molar-refractivity contribution >= 4 is 22.9 Å². The van der Waals surface area contributed by atoms with Gasteiger partial charge in [-0.15, -0.1) is 11.3 Å². The summed E-state index contributed by atoms with van der Waals surface area (Å²) in [6.07, 6.45) is 3.44. The van der Waals surface area contributed by atoms with Crippen LogP contribution in [0, 0.1) is 6.92 Å². The molecule has 0 aromatic carbocycles. The van der Waals surface area contributed by atoms with Gasteiger partial charge in [0, 0.05) is 29.9 Å². The van der Waals surface area contributed by atoms with Gasteiger partial charge in [-0.2, -0.15) is 0 Å². The van der Waals surface area contributed by atoms with Gasteiger partial charge in [-0.3, -0.25) is 9.97 Å². The van der Waals surface area contributed by atoms with E-state index >= 15 is 0 Å². The molecular formula is C12H14ClN3S. The molecule has 0 saturated carbocycles. The molecule has 2 heterocycles. The number of nitrogens with zero attached hydrogens (tertiary/aromatic N) is 2. The second-order valence-electron chi connectivity index (χ2n) is 3.84. The van der Waals surface area contributed by atoms with Crippen LogP contribution in [0.5, 0.6) is 0 Å². The van der Waals surface area contributed by atoms with Crippen LogP contribution in [-0.2, 0) is 6.54 Å². The third-order valence-electron chi connectivity index (χ3n) is 2.54. The molecule has 17 heavy (non-hydrogen) atoms. The maximum absolute atomic E-state index is 5.89. The van der Waals surface area contributed by atoms with Crippen LogP contribution in [0.3, 0.4) is 0 Å². The highest BCUT2D eigenvalue weighted by Gasteiger charge is 2.10. The summed E-state index contributed by atoms with van der Waals surface area (Å²) in [6, 6.07) is 4.14. The molecule has 0 aliphatic carbocycles. The van der Waals surface area contributed by atoms with Gasteiger partial charge in [-0.05, 0) is 26.0 Å². The predicted octanol–water partition coefficient (Wildman–Crippen LogP) is 3.35. The van der Waals surface area contributed by atoms with Crippen LogP contribution >= 0.6 is 22.9 Å². The molecule has 2 aromatic heterocycles. The first-order chi connectivity index (χ1) is 8.16. The van der Waals surface area contributed by atoms with Gasteiger partial charge in [-0.1, -0.05) is 11.6 Å². The van der Waals surface area contributed by atoms with Gasteiger partial charge in [0.2, 0.25) is 0 Å². The Labute approximate surface area is 110 Å². The van der Waals surface area contributed by atoms with Gasteiger partial charge in [0.05, 0.1) is 15.7 Å². The minimum absolute atomic E-state index is 0.185. The number of hydrogen-bond acceptors (Lipinski definition) is 4. The molecule has 1 unspecified atom stereocenters. The zero-order chi connectivity index (χ0) is 12.3. The minimum atomic E-state index is 0.185. The first kappa shape index (κ1) is 12.5. The predicted molar refractivity (Wildman–Crippen MR) is 71.4 cm³/mol. The second-order valence-corrected chi connectivity index (χ2v) is 5.64. The molecule has 3 nitrogen and oxygen atoms in total. The van der Waals surface area contributed by atoms with E-state index in [0.717, 1.165) is 22.3 Å². The van der Waals surface area contributed by atoms with Gasteiger partial charge in [-0.25, -0.2) is 0 Å². The van der Waals surface area contributed by atoms with E-state index in [0.29, 0.717) is 0 Å². The Hall–Kier alpha value is -0.970. The number of aryl methyl sites for hydroxylation is 1. The largest absolute Gasteiger partial charge is 0.304 e. The summed E-state index contributed by atoms with van der Waals surface area (Å²) in [5, 5.41) is 3.42.